The molecule has 1 aromatic carbocycles. The van der Waals surface area contributed by atoms with E-state index in [1.807, 2.05) is 0 Å². The summed E-state index contributed by atoms with van der Waals surface area (Å²) in [4.78, 5) is 15.2. The van der Waals surface area contributed by atoms with Crippen LogP contribution in [0.2, 0.25) is 0 Å². The van der Waals surface area contributed by atoms with Crippen LogP contribution in [0.3, 0.4) is 0 Å². The first-order valence-electron chi connectivity index (χ1n) is 9.42. The largest absolute Gasteiger partial charge is 0.333 e. The Labute approximate surface area is 151 Å². The number of benzene rings is 1. The van der Waals surface area contributed by atoms with Gasteiger partial charge in [-0.05, 0) is 75.1 Å². The fourth-order valence-electron chi connectivity index (χ4n) is 4.44. The highest BCUT2D eigenvalue weighted by Gasteiger charge is 2.40. The van der Waals surface area contributed by atoms with Gasteiger partial charge in [-0.2, -0.15) is 0 Å². The SMILES string of the molecule is Cl.O=C(CCC1CCNCC1)N(C1CC1)C1CCc2ccccc21. The van der Waals surface area contributed by atoms with Crippen molar-refractivity contribution in [2.24, 2.45) is 5.92 Å². The number of hydrogen-bond acceptors (Lipinski definition) is 2. The summed E-state index contributed by atoms with van der Waals surface area (Å²) in [5.74, 6) is 1.16. The second kappa shape index (κ2) is 7.88. The molecular formula is C20H29ClN2O. The zero-order valence-electron chi connectivity index (χ0n) is 14.4. The molecule has 1 heterocycles. The molecule has 4 rings (SSSR count). The van der Waals surface area contributed by atoms with Gasteiger partial charge < -0.3 is 10.2 Å². The molecule has 4 heteroatoms. The molecule has 1 saturated carbocycles. The first-order valence-corrected chi connectivity index (χ1v) is 9.42. The molecule has 0 bridgehead atoms. The van der Waals surface area contributed by atoms with Gasteiger partial charge in [0.05, 0.1) is 6.04 Å². The van der Waals surface area contributed by atoms with Crippen molar-refractivity contribution in [3.63, 3.8) is 0 Å². The number of nitrogens with one attached hydrogen (secondary N) is 1. The molecule has 0 spiro atoms. The van der Waals surface area contributed by atoms with Crippen LogP contribution in [0.1, 0.15) is 62.1 Å². The smallest absolute Gasteiger partial charge is 0.223 e. The molecule has 1 aromatic rings. The van der Waals surface area contributed by atoms with E-state index >= 15 is 0 Å². The predicted molar refractivity (Wildman–Crippen MR) is 99.4 cm³/mol. The third-order valence-corrected chi connectivity index (χ3v) is 5.89. The van der Waals surface area contributed by atoms with Crippen LogP contribution in [0, 0.1) is 5.92 Å². The molecule has 1 atom stereocenters. The summed E-state index contributed by atoms with van der Waals surface area (Å²) in [6, 6.07) is 9.59. The number of piperidine rings is 1. The number of carbonyl (C=O) groups excluding carboxylic acids is 1. The Bertz CT molecular complexity index is 567. The lowest BCUT2D eigenvalue weighted by Crippen LogP contribution is -2.36. The van der Waals surface area contributed by atoms with Crippen molar-refractivity contribution in [1.29, 1.82) is 0 Å². The Balaban J connectivity index is 0.00000169. The van der Waals surface area contributed by atoms with Crippen LogP contribution in [0.4, 0.5) is 0 Å². The molecule has 1 aliphatic heterocycles. The Morgan fingerprint density at radius 1 is 1.08 bits per heavy atom. The zero-order valence-corrected chi connectivity index (χ0v) is 15.2. The molecule has 3 aliphatic rings. The number of carbonyl (C=O) groups is 1. The second-order valence-corrected chi connectivity index (χ2v) is 7.52. The maximum Gasteiger partial charge on any atom is 0.223 e. The molecular weight excluding hydrogens is 320 g/mol. The van der Waals surface area contributed by atoms with Crippen LogP contribution in [-0.2, 0) is 11.2 Å². The van der Waals surface area contributed by atoms with Gasteiger partial charge in [-0.25, -0.2) is 0 Å². The van der Waals surface area contributed by atoms with E-state index in [0.29, 0.717) is 18.0 Å². The predicted octanol–water partition coefficient (Wildman–Crippen LogP) is 3.87. The van der Waals surface area contributed by atoms with Gasteiger partial charge in [0, 0.05) is 12.5 Å². The van der Waals surface area contributed by atoms with Gasteiger partial charge in [-0.1, -0.05) is 24.3 Å². The van der Waals surface area contributed by atoms with Crippen molar-refractivity contribution in [2.75, 3.05) is 13.1 Å². The van der Waals surface area contributed by atoms with E-state index in [-0.39, 0.29) is 12.4 Å². The summed E-state index contributed by atoms with van der Waals surface area (Å²) in [5, 5.41) is 3.41. The Kier molecular flexibility index (Phi) is 5.83. The van der Waals surface area contributed by atoms with Gasteiger partial charge in [-0.3, -0.25) is 4.79 Å². The van der Waals surface area contributed by atoms with Crippen molar-refractivity contribution in [3.05, 3.63) is 35.4 Å². The number of fused-ring (bicyclic) bond motifs is 1. The number of hydrogen-bond donors (Lipinski definition) is 1. The summed E-state index contributed by atoms with van der Waals surface area (Å²) < 4.78 is 0. The van der Waals surface area contributed by atoms with Crippen molar-refractivity contribution in [1.82, 2.24) is 10.2 Å². The summed E-state index contributed by atoms with van der Waals surface area (Å²) >= 11 is 0. The van der Waals surface area contributed by atoms with Crippen molar-refractivity contribution < 1.29 is 4.79 Å². The molecule has 3 nitrogen and oxygen atoms in total. The third kappa shape index (κ3) is 3.78. The Morgan fingerprint density at radius 2 is 1.83 bits per heavy atom. The number of amides is 1. The summed E-state index contributed by atoms with van der Waals surface area (Å²) in [6.45, 7) is 2.25. The van der Waals surface area contributed by atoms with E-state index in [9.17, 15) is 4.79 Å². The summed E-state index contributed by atoms with van der Waals surface area (Å²) in [7, 11) is 0. The third-order valence-electron chi connectivity index (χ3n) is 5.89. The second-order valence-electron chi connectivity index (χ2n) is 7.52. The van der Waals surface area contributed by atoms with E-state index in [0.717, 1.165) is 44.7 Å². The Hall–Kier alpha value is -1.06. The number of rotatable bonds is 5. The monoisotopic (exact) mass is 348 g/mol. The average molecular weight is 349 g/mol. The number of halogens is 1. The molecule has 24 heavy (non-hydrogen) atoms. The van der Waals surface area contributed by atoms with E-state index in [2.05, 4.69) is 34.5 Å². The van der Waals surface area contributed by atoms with Crippen molar-refractivity contribution >= 4 is 18.3 Å². The highest BCUT2D eigenvalue weighted by molar-refractivity contribution is 5.85. The molecule has 0 aromatic heterocycles. The topological polar surface area (TPSA) is 32.3 Å². The first kappa shape index (κ1) is 17.8. The van der Waals surface area contributed by atoms with Crippen molar-refractivity contribution in [3.8, 4) is 0 Å². The van der Waals surface area contributed by atoms with E-state index in [1.54, 1.807) is 0 Å². The van der Waals surface area contributed by atoms with Crippen molar-refractivity contribution in [2.45, 2.75) is 63.5 Å². The molecule has 1 unspecified atom stereocenters. The molecule has 1 saturated heterocycles. The lowest BCUT2D eigenvalue weighted by molar-refractivity contribution is -0.134. The molecule has 1 N–H and O–H groups in total. The summed E-state index contributed by atoms with van der Waals surface area (Å²) in [5.41, 5.74) is 2.86. The molecule has 1 amide bonds. The van der Waals surface area contributed by atoms with E-state index in [1.165, 1.54) is 36.8 Å². The van der Waals surface area contributed by atoms with Gasteiger partial charge in [0.1, 0.15) is 0 Å². The standard InChI is InChI=1S/C20H28N2O.ClH/c23-20(10-5-15-11-13-21-14-12-15)22(17-7-8-17)19-9-6-16-3-1-2-4-18(16)19;/h1-4,15,17,19,21H,5-14H2;1H. The van der Waals surface area contributed by atoms with Gasteiger partial charge in [0.2, 0.25) is 5.91 Å². The normalized spacial score (nSPS) is 23.4. The number of nitrogens with zero attached hydrogens (tertiary/aromatic N) is 1. The minimum Gasteiger partial charge on any atom is -0.333 e. The van der Waals surface area contributed by atoms with Crippen LogP contribution in [0.5, 0.6) is 0 Å². The van der Waals surface area contributed by atoms with Gasteiger partial charge in [0.25, 0.3) is 0 Å². The van der Waals surface area contributed by atoms with Crippen LogP contribution >= 0.6 is 12.4 Å². The Morgan fingerprint density at radius 3 is 2.58 bits per heavy atom. The minimum absolute atomic E-state index is 0. The highest BCUT2D eigenvalue weighted by atomic mass is 35.5. The average Bonchev–Trinajstić information content (AvgIpc) is 3.34. The van der Waals surface area contributed by atoms with Crippen LogP contribution in [0.15, 0.2) is 24.3 Å². The fourth-order valence-corrected chi connectivity index (χ4v) is 4.44. The highest BCUT2D eigenvalue weighted by Crippen LogP contribution is 2.42. The number of aryl methyl sites for hydroxylation is 1. The minimum atomic E-state index is 0. The zero-order chi connectivity index (χ0) is 15.6. The first-order chi connectivity index (χ1) is 11.3. The van der Waals surface area contributed by atoms with Gasteiger partial charge in [0.15, 0.2) is 0 Å². The molecule has 2 aliphatic carbocycles. The van der Waals surface area contributed by atoms with Crippen LogP contribution in [0.25, 0.3) is 0 Å². The lowest BCUT2D eigenvalue weighted by Gasteiger charge is -2.31. The fraction of sp³-hybridized carbons (Fsp3) is 0.650. The van der Waals surface area contributed by atoms with Gasteiger partial charge >= 0.3 is 0 Å². The van der Waals surface area contributed by atoms with E-state index in [4.69, 9.17) is 0 Å². The van der Waals surface area contributed by atoms with Gasteiger partial charge in [-0.15, -0.1) is 12.4 Å². The molecule has 0 radical (unpaired) electrons. The quantitative estimate of drug-likeness (QED) is 0.876. The van der Waals surface area contributed by atoms with Crippen LogP contribution < -0.4 is 5.32 Å². The maximum absolute atomic E-state index is 13.0. The lowest BCUT2D eigenvalue weighted by atomic mass is 9.92. The van der Waals surface area contributed by atoms with Crippen LogP contribution in [-0.4, -0.2) is 29.9 Å². The summed E-state index contributed by atoms with van der Waals surface area (Å²) in [6.07, 6.45) is 8.97. The molecule has 132 valence electrons. The van der Waals surface area contributed by atoms with E-state index < -0.39 is 0 Å². The maximum atomic E-state index is 13.0. The molecule has 2 fully saturated rings.